The van der Waals surface area contributed by atoms with Crippen LogP contribution in [0.1, 0.15) is 54.9 Å². The van der Waals surface area contributed by atoms with Gasteiger partial charge in [0, 0.05) is 12.6 Å². The fourth-order valence-corrected chi connectivity index (χ4v) is 3.27. The van der Waals surface area contributed by atoms with Crippen LogP contribution in [0.5, 0.6) is 5.75 Å². The van der Waals surface area contributed by atoms with Crippen molar-refractivity contribution in [2.24, 2.45) is 0 Å². The molecular weight excluding hydrogens is 250 g/mol. The van der Waals surface area contributed by atoms with Gasteiger partial charge in [0.15, 0.2) is 0 Å². The van der Waals surface area contributed by atoms with E-state index in [1.165, 1.54) is 32.1 Å². The molecule has 0 radical (unpaired) electrons. The summed E-state index contributed by atoms with van der Waals surface area (Å²) < 4.78 is 5.27. The van der Waals surface area contributed by atoms with Crippen LogP contribution in [-0.4, -0.2) is 24.8 Å². The number of ether oxygens (including phenoxy) is 1. The summed E-state index contributed by atoms with van der Waals surface area (Å²) in [5, 5.41) is 14.0. The van der Waals surface area contributed by atoms with Gasteiger partial charge in [-0.15, -0.1) is 0 Å². The molecule has 1 fully saturated rings. The molecule has 3 heteroatoms. The number of benzene rings is 1. The third kappa shape index (κ3) is 3.74. The molecule has 1 unspecified atom stereocenters. The summed E-state index contributed by atoms with van der Waals surface area (Å²) in [4.78, 5) is 0. The van der Waals surface area contributed by atoms with Crippen LogP contribution >= 0.6 is 0 Å². The predicted molar refractivity (Wildman–Crippen MR) is 82.3 cm³/mol. The average Bonchev–Trinajstić information content (AvgIpc) is 2.45. The number of methoxy groups -OCH3 is 1. The highest BCUT2D eigenvalue weighted by molar-refractivity contribution is 5.42. The van der Waals surface area contributed by atoms with Crippen LogP contribution in [0.15, 0.2) is 12.1 Å². The normalized spacial score (nSPS) is 18.0. The number of aryl methyl sites for hydroxylation is 2. The maximum atomic E-state index is 10.5. The average molecular weight is 277 g/mol. The summed E-state index contributed by atoms with van der Waals surface area (Å²) in [5.74, 6) is 0.858. The Hall–Kier alpha value is -1.06. The van der Waals surface area contributed by atoms with E-state index in [4.69, 9.17) is 4.74 Å². The van der Waals surface area contributed by atoms with Crippen molar-refractivity contribution in [2.45, 2.75) is 58.1 Å². The molecule has 2 rings (SSSR count). The fourth-order valence-electron chi connectivity index (χ4n) is 3.27. The SMILES string of the molecule is COc1cc(C)c(C(O)CNC2CCCCC2)c(C)c1. The Morgan fingerprint density at radius 3 is 2.35 bits per heavy atom. The van der Waals surface area contributed by atoms with Crippen molar-refractivity contribution in [3.63, 3.8) is 0 Å². The predicted octanol–water partition coefficient (Wildman–Crippen LogP) is 3.27. The molecule has 1 aromatic carbocycles. The van der Waals surface area contributed by atoms with E-state index < -0.39 is 6.10 Å². The molecule has 1 atom stereocenters. The van der Waals surface area contributed by atoms with E-state index in [1.807, 2.05) is 26.0 Å². The van der Waals surface area contributed by atoms with Crippen LogP contribution in [0, 0.1) is 13.8 Å². The molecule has 1 saturated carbocycles. The largest absolute Gasteiger partial charge is 0.497 e. The van der Waals surface area contributed by atoms with Crippen molar-refractivity contribution in [3.05, 3.63) is 28.8 Å². The first-order chi connectivity index (χ1) is 9.61. The van der Waals surface area contributed by atoms with Crippen molar-refractivity contribution in [3.8, 4) is 5.75 Å². The lowest BCUT2D eigenvalue weighted by molar-refractivity contribution is 0.164. The van der Waals surface area contributed by atoms with Crippen LogP contribution in [0.25, 0.3) is 0 Å². The summed E-state index contributed by atoms with van der Waals surface area (Å²) >= 11 is 0. The Morgan fingerprint density at radius 1 is 1.20 bits per heavy atom. The van der Waals surface area contributed by atoms with E-state index in [0.717, 1.165) is 22.4 Å². The van der Waals surface area contributed by atoms with Gasteiger partial charge in [-0.25, -0.2) is 0 Å². The fraction of sp³-hybridized carbons (Fsp3) is 0.647. The number of aliphatic hydroxyl groups is 1. The van der Waals surface area contributed by atoms with Gasteiger partial charge in [0.2, 0.25) is 0 Å². The molecule has 3 nitrogen and oxygen atoms in total. The van der Waals surface area contributed by atoms with Crippen LogP contribution in [0.4, 0.5) is 0 Å². The lowest BCUT2D eigenvalue weighted by atomic mass is 9.94. The summed E-state index contributed by atoms with van der Waals surface area (Å²) in [5.41, 5.74) is 3.23. The minimum absolute atomic E-state index is 0.442. The summed E-state index contributed by atoms with van der Waals surface area (Å²) in [6, 6.07) is 4.57. The van der Waals surface area contributed by atoms with E-state index in [1.54, 1.807) is 7.11 Å². The van der Waals surface area contributed by atoms with Gasteiger partial charge in [0.1, 0.15) is 5.75 Å². The quantitative estimate of drug-likeness (QED) is 0.868. The topological polar surface area (TPSA) is 41.5 Å². The zero-order chi connectivity index (χ0) is 14.5. The van der Waals surface area contributed by atoms with E-state index in [2.05, 4.69) is 5.32 Å². The number of hydrogen-bond acceptors (Lipinski definition) is 3. The van der Waals surface area contributed by atoms with Crippen LogP contribution < -0.4 is 10.1 Å². The first kappa shape index (κ1) is 15.3. The van der Waals surface area contributed by atoms with Gasteiger partial charge in [0.25, 0.3) is 0 Å². The first-order valence-corrected chi connectivity index (χ1v) is 7.68. The lowest BCUT2D eigenvalue weighted by Gasteiger charge is -2.25. The number of hydrogen-bond donors (Lipinski definition) is 2. The maximum absolute atomic E-state index is 10.5. The Kier molecular flexibility index (Phi) is 5.44. The zero-order valence-corrected chi connectivity index (χ0v) is 12.9. The van der Waals surface area contributed by atoms with Crippen LogP contribution in [-0.2, 0) is 0 Å². The zero-order valence-electron chi connectivity index (χ0n) is 12.9. The van der Waals surface area contributed by atoms with Gasteiger partial charge in [-0.1, -0.05) is 19.3 Å². The number of rotatable bonds is 5. The molecule has 0 aliphatic heterocycles. The molecule has 1 aliphatic rings. The smallest absolute Gasteiger partial charge is 0.119 e. The van der Waals surface area contributed by atoms with Crippen molar-refractivity contribution in [2.75, 3.05) is 13.7 Å². The molecule has 2 N–H and O–H groups in total. The molecule has 0 bridgehead atoms. The van der Waals surface area contributed by atoms with Gasteiger partial charge in [-0.3, -0.25) is 0 Å². The molecular formula is C17H27NO2. The first-order valence-electron chi connectivity index (χ1n) is 7.68. The van der Waals surface area contributed by atoms with Crippen molar-refractivity contribution >= 4 is 0 Å². The molecule has 112 valence electrons. The lowest BCUT2D eigenvalue weighted by Crippen LogP contribution is -2.34. The van der Waals surface area contributed by atoms with Crippen molar-refractivity contribution in [1.29, 1.82) is 0 Å². The number of nitrogens with one attached hydrogen (secondary N) is 1. The second-order valence-electron chi connectivity index (χ2n) is 5.93. The van der Waals surface area contributed by atoms with Crippen molar-refractivity contribution in [1.82, 2.24) is 5.32 Å². The Morgan fingerprint density at radius 2 is 1.80 bits per heavy atom. The third-order valence-electron chi connectivity index (χ3n) is 4.34. The summed E-state index contributed by atoms with van der Waals surface area (Å²) in [6.45, 7) is 4.71. The number of aliphatic hydroxyl groups excluding tert-OH is 1. The van der Waals surface area contributed by atoms with Crippen LogP contribution in [0.2, 0.25) is 0 Å². The summed E-state index contributed by atoms with van der Waals surface area (Å²) in [6.07, 6.45) is 6.03. The Bertz CT molecular complexity index is 416. The highest BCUT2D eigenvalue weighted by Gasteiger charge is 2.18. The monoisotopic (exact) mass is 277 g/mol. The van der Waals surface area contributed by atoms with Gasteiger partial charge < -0.3 is 15.2 Å². The molecule has 0 heterocycles. The molecule has 0 saturated heterocycles. The highest BCUT2D eigenvalue weighted by Crippen LogP contribution is 2.27. The molecule has 1 aliphatic carbocycles. The Balaban J connectivity index is 1.99. The molecule has 20 heavy (non-hydrogen) atoms. The van der Waals surface area contributed by atoms with Gasteiger partial charge in [-0.05, 0) is 55.5 Å². The molecule has 0 aromatic heterocycles. The minimum Gasteiger partial charge on any atom is -0.497 e. The van der Waals surface area contributed by atoms with E-state index in [0.29, 0.717) is 12.6 Å². The van der Waals surface area contributed by atoms with E-state index >= 15 is 0 Å². The van der Waals surface area contributed by atoms with Gasteiger partial charge in [-0.2, -0.15) is 0 Å². The molecule has 1 aromatic rings. The summed E-state index contributed by atoms with van der Waals surface area (Å²) in [7, 11) is 1.68. The highest BCUT2D eigenvalue weighted by atomic mass is 16.5. The van der Waals surface area contributed by atoms with E-state index in [-0.39, 0.29) is 0 Å². The second-order valence-corrected chi connectivity index (χ2v) is 5.93. The van der Waals surface area contributed by atoms with Gasteiger partial charge in [0.05, 0.1) is 13.2 Å². The van der Waals surface area contributed by atoms with Crippen molar-refractivity contribution < 1.29 is 9.84 Å². The van der Waals surface area contributed by atoms with Gasteiger partial charge >= 0.3 is 0 Å². The molecule has 0 spiro atoms. The second kappa shape index (κ2) is 7.09. The Labute approximate surface area is 122 Å². The standard InChI is InChI=1S/C17H27NO2/c1-12-9-15(20-3)10-13(2)17(12)16(19)11-18-14-7-5-4-6-8-14/h9-10,14,16,18-19H,4-8,11H2,1-3H3. The maximum Gasteiger partial charge on any atom is 0.119 e. The minimum atomic E-state index is -0.442. The third-order valence-corrected chi connectivity index (χ3v) is 4.34. The molecule has 0 amide bonds. The van der Waals surface area contributed by atoms with E-state index in [9.17, 15) is 5.11 Å². The van der Waals surface area contributed by atoms with Crippen LogP contribution in [0.3, 0.4) is 0 Å².